The predicted octanol–water partition coefficient (Wildman–Crippen LogP) is 2.65. The minimum Gasteiger partial charge on any atom is -0.339 e. The number of piperazine rings is 1. The maximum atomic E-state index is 12.8. The first-order chi connectivity index (χ1) is 12.7. The van der Waals surface area contributed by atoms with Gasteiger partial charge in [0.25, 0.3) is 0 Å². The van der Waals surface area contributed by atoms with Gasteiger partial charge in [0, 0.05) is 48.7 Å². The average Bonchev–Trinajstić information content (AvgIpc) is 3.34. The molecule has 26 heavy (non-hydrogen) atoms. The zero-order chi connectivity index (χ0) is 17.9. The molecule has 2 unspecified atom stereocenters. The van der Waals surface area contributed by atoms with E-state index in [1.165, 1.54) is 4.88 Å². The quantitative estimate of drug-likeness (QED) is 0.842. The van der Waals surface area contributed by atoms with Crippen LogP contribution in [0.1, 0.15) is 22.9 Å². The van der Waals surface area contributed by atoms with E-state index in [2.05, 4.69) is 33.3 Å². The maximum absolute atomic E-state index is 12.8. The van der Waals surface area contributed by atoms with Gasteiger partial charge in [-0.3, -0.25) is 9.69 Å². The van der Waals surface area contributed by atoms with Crippen LogP contribution in [0.3, 0.4) is 0 Å². The third-order valence-corrected chi connectivity index (χ3v) is 6.19. The fourth-order valence-electron chi connectivity index (χ4n) is 3.63. The molecule has 2 aliphatic heterocycles. The van der Waals surface area contributed by atoms with Crippen molar-refractivity contribution in [3.8, 4) is 0 Å². The number of carbonyl (C=O) groups excluding carboxylic acids is 1. The largest absolute Gasteiger partial charge is 0.339 e. The molecule has 0 saturated carbocycles. The predicted molar refractivity (Wildman–Crippen MR) is 105 cm³/mol. The van der Waals surface area contributed by atoms with Gasteiger partial charge in [0.1, 0.15) is 6.04 Å². The second-order valence-corrected chi connectivity index (χ2v) is 8.33. The van der Waals surface area contributed by atoms with Crippen molar-refractivity contribution in [2.45, 2.75) is 25.0 Å². The minimum absolute atomic E-state index is 0.114. The second-order valence-electron chi connectivity index (χ2n) is 6.87. The number of nitrogens with one attached hydrogen (secondary N) is 2. The Balaban J connectivity index is 1.29. The summed E-state index contributed by atoms with van der Waals surface area (Å²) in [4.78, 5) is 18.6. The van der Waals surface area contributed by atoms with Gasteiger partial charge < -0.3 is 4.90 Å². The lowest BCUT2D eigenvalue weighted by atomic mass is 10.0. The molecule has 1 amide bonds. The first-order valence-corrected chi connectivity index (χ1v) is 10.2. The molecule has 5 nitrogen and oxygen atoms in total. The van der Waals surface area contributed by atoms with Gasteiger partial charge in [0.05, 0.1) is 0 Å². The van der Waals surface area contributed by atoms with Crippen LogP contribution in [-0.2, 0) is 11.3 Å². The lowest BCUT2D eigenvalue weighted by Crippen LogP contribution is -2.53. The van der Waals surface area contributed by atoms with E-state index in [0.717, 1.165) is 49.7 Å². The molecule has 1 aromatic carbocycles. The highest BCUT2D eigenvalue weighted by molar-refractivity contribution is 7.09. The lowest BCUT2D eigenvalue weighted by Gasteiger charge is -2.35. The zero-order valence-electron chi connectivity index (χ0n) is 14.5. The van der Waals surface area contributed by atoms with Gasteiger partial charge in [-0.05, 0) is 35.6 Å². The van der Waals surface area contributed by atoms with Crippen LogP contribution < -0.4 is 10.9 Å². The standard InChI is InChI=1S/C19H23ClN4OS/c20-15-4-1-3-14(11-15)17-12-18(22-21-17)19(25)24-8-6-23(7-9-24)13-16-5-2-10-26-16/h1-5,10-11,17-18,21-22H,6-9,12-13H2. The molecular weight excluding hydrogens is 368 g/mol. The van der Waals surface area contributed by atoms with Crippen molar-refractivity contribution in [1.29, 1.82) is 0 Å². The molecule has 0 bridgehead atoms. The van der Waals surface area contributed by atoms with Gasteiger partial charge in [0.15, 0.2) is 0 Å². The smallest absolute Gasteiger partial charge is 0.241 e. The highest BCUT2D eigenvalue weighted by Gasteiger charge is 2.34. The van der Waals surface area contributed by atoms with E-state index >= 15 is 0 Å². The molecule has 2 atom stereocenters. The summed E-state index contributed by atoms with van der Waals surface area (Å²) in [6.45, 7) is 4.44. The topological polar surface area (TPSA) is 47.6 Å². The number of hydrazine groups is 1. The maximum Gasteiger partial charge on any atom is 0.241 e. The fourth-order valence-corrected chi connectivity index (χ4v) is 4.57. The van der Waals surface area contributed by atoms with Crippen LogP contribution >= 0.6 is 22.9 Å². The van der Waals surface area contributed by atoms with E-state index in [4.69, 9.17) is 11.6 Å². The first kappa shape index (κ1) is 17.9. The molecule has 2 N–H and O–H groups in total. The number of hydrogen-bond donors (Lipinski definition) is 2. The Kier molecular flexibility index (Phi) is 5.57. The van der Waals surface area contributed by atoms with Gasteiger partial charge in [0.2, 0.25) is 5.91 Å². The van der Waals surface area contributed by atoms with Crippen LogP contribution in [0, 0.1) is 0 Å². The SMILES string of the molecule is O=C(C1CC(c2cccc(Cl)c2)NN1)N1CCN(Cc2cccs2)CC1. The molecule has 2 aromatic rings. The summed E-state index contributed by atoms with van der Waals surface area (Å²) in [5, 5.41) is 2.84. The molecule has 0 spiro atoms. The first-order valence-electron chi connectivity index (χ1n) is 8.99. The highest BCUT2D eigenvalue weighted by atomic mass is 35.5. The zero-order valence-corrected chi connectivity index (χ0v) is 16.1. The number of thiophene rings is 1. The minimum atomic E-state index is -0.178. The summed E-state index contributed by atoms with van der Waals surface area (Å²) in [6, 6.07) is 12.0. The van der Waals surface area contributed by atoms with Crippen LogP contribution in [0.15, 0.2) is 41.8 Å². The van der Waals surface area contributed by atoms with Crippen molar-refractivity contribution in [3.05, 3.63) is 57.2 Å². The normalized spacial score (nSPS) is 24.1. The van der Waals surface area contributed by atoms with Crippen molar-refractivity contribution in [2.24, 2.45) is 0 Å². The Morgan fingerprint density at radius 2 is 2.00 bits per heavy atom. The van der Waals surface area contributed by atoms with Crippen molar-refractivity contribution < 1.29 is 4.79 Å². The van der Waals surface area contributed by atoms with E-state index in [-0.39, 0.29) is 18.0 Å². The third-order valence-electron chi connectivity index (χ3n) is 5.10. The van der Waals surface area contributed by atoms with Crippen LogP contribution in [0.2, 0.25) is 5.02 Å². The lowest BCUT2D eigenvalue weighted by molar-refractivity contribution is -0.135. The van der Waals surface area contributed by atoms with E-state index in [1.54, 1.807) is 11.3 Å². The number of amides is 1. The molecular formula is C19H23ClN4OS. The highest BCUT2D eigenvalue weighted by Crippen LogP contribution is 2.25. The molecule has 1 aromatic heterocycles. The molecule has 2 saturated heterocycles. The molecule has 3 heterocycles. The number of benzene rings is 1. The van der Waals surface area contributed by atoms with Gasteiger partial charge in [-0.2, -0.15) is 0 Å². The Hall–Kier alpha value is -1.44. The van der Waals surface area contributed by atoms with Crippen LogP contribution in [-0.4, -0.2) is 47.9 Å². The molecule has 7 heteroatoms. The summed E-state index contributed by atoms with van der Waals surface area (Å²) < 4.78 is 0. The molecule has 0 aliphatic carbocycles. The Bertz CT molecular complexity index is 746. The van der Waals surface area contributed by atoms with Crippen molar-refractivity contribution in [1.82, 2.24) is 20.7 Å². The van der Waals surface area contributed by atoms with E-state index < -0.39 is 0 Å². The Morgan fingerprint density at radius 1 is 1.15 bits per heavy atom. The van der Waals surface area contributed by atoms with Gasteiger partial charge in [-0.1, -0.05) is 29.8 Å². The second kappa shape index (κ2) is 8.06. The number of halogens is 1. The summed E-state index contributed by atoms with van der Waals surface area (Å²) in [5.74, 6) is 0.192. The molecule has 138 valence electrons. The summed E-state index contributed by atoms with van der Waals surface area (Å²) in [7, 11) is 0. The van der Waals surface area contributed by atoms with E-state index in [1.807, 2.05) is 29.2 Å². The number of carbonyl (C=O) groups is 1. The molecule has 2 aliphatic rings. The van der Waals surface area contributed by atoms with Crippen LogP contribution in [0.5, 0.6) is 0 Å². The monoisotopic (exact) mass is 390 g/mol. The van der Waals surface area contributed by atoms with Crippen molar-refractivity contribution >= 4 is 28.8 Å². The Labute approximate surface area is 162 Å². The molecule has 2 fully saturated rings. The van der Waals surface area contributed by atoms with E-state index in [9.17, 15) is 4.79 Å². The van der Waals surface area contributed by atoms with Crippen LogP contribution in [0.4, 0.5) is 0 Å². The fraction of sp³-hybridized carbons (Fsp3) is 0.421. The third kappa shape index (κ3) is 4.10. The Morgan fingerprint density at radius 3 is 2.73 bits per heavy atom. The van der Waals surface area contributed by atoms with Gasteiger partial charge in [-0.15, -0.1) is 11.3 Å². The number of nitrogens with zero attached hydrogens (tertiary/aromatic N) is 2. The van der Waals surface area contributed by atoms with Crippen molar-refractivity contribution in [3.63, 3.8) is 0 Å². The number of rotatable bonds is 4. The summed E-state index contributed by atoms with van der Waals surface area (Å²) >= 11 is 7.87. The van der Waals surface area contributed by atoms with Crippen LogP contribution in [0.25, 0.3) is 0 Å². The van der Waals surface area contributed by atoms with Gasteiger partial charge >= 0.3 is 0 Å². The summed E-state index contributed by atoms with van der Waals surface area (Å²) in [6.07, 6.45) is 0.745. The van der Waals surface area contributed by atoms with Gasteiger partial charge in [-0.25, -0.2) is 10.9 Å². The van der Waals surface area contributed by atoms with E-state index in [0.29, 0.717) is 0 Å². The van der Waals surface area contributed by atoms with Crippen molar-refractivity contribution in [2.75, 3.05) is 26.2 Å². The average molecular weight is 391 g/mol. The molecule has 4 rings (SSSR count). The number of hydrogen-bond acceptors (Lipinski definition) is 5. The summed E-state index contributed by atoms with van der Waals surface area (Å²) in [5.41, 5.74) is 7.53. The molecule has 0 radical (unpaired) electrons.